The predicted octanol–water partition coefficient (Wildman–Crippen LogP) is 5.94. The molecule has 0 spiro atoms. The molecule has 0 unspecified atom stereocenters. The van der Waals surface area contributed by atoms with Crippen LogP contribution in [0, 0.1) is 0 Å². The van der Waals surface area contributed by atoms with Crippen LogP contribution in [-0.4, -0.2) is 7.25 Å². The third-order valence-corrected chi connectivity index (χ3v) is 5.32. The molecule has 2 aromatic rings. The lowest BCUT2D eigenvalue weighted by Gasteiger charge is -2.19. The fraction of sp³-hybridized carbons (Fsp3) is 0.400. The number of rotatable bonds is 2. The van der Waals surface area contributed by atoms with Crippen molar-refractivity contribution in [3.05, 3.63) is 59.7 Å². The van der Waals surface area contributed by atoms with Crippen molar-refractivity contribution in [2.24, 2.45) is 0 Å². The Morgan fingerprint density at radius 2 is 0.808 bits per heavy atom. The lowest BCUT2D eigenvalue weighted by molar-refractivity contribution is 0.368. The Morgan fingerprint density at radius 3 is 1.00 bits per heavy atom. The summed E-state index contributed by atoms with van der Waals surface area (Å²) in [5, 5.41) is 2.93. The summed E-state index contributed by atoms with van der Waals surface area (Å²) in [6.07, 6.45) is 0. The molecule has 0 bridgehead atoms. The Balaban J connectivity index is 0.000000597. The highest BCUT2D eigenvalue weighted by atomic mass is 31.1. The van der Waals surface area contributed by atoms with Crippen LogP contribution in [0.1, 0.15) is 52.7 Å². The Hall–Kier alpha value is -1.35. The zero-order chi connectivity index (χ0) is 20.2. The molecule has 0 radical (unpaired) electrons. The van der Waals surface area contributed by atoms with Gasteiger partial charge in [-0.2, -0.15) is 0 Å². The summed E-state index contributed by atoms with van der Waals surface area (Å²) in [4.78, 5) is 0. The Morgan fingerprint density at radius 1 is 0.577 bits per heavy atom. The second kappa shape index (κ2) is 8.56. The van der Waals surface area contributed by atoms with E-state index in [-0.39, 0.29) is 19.4 Å². The van der Waals surface area contributed by atoms with Crippen molar-refractivity contribution < 1.29 is 17.3 Å². The molecular weight excluding hydrogens is 358 g/mol. The number of hydrogen-bond acceptors (Lipinski definition) is 0. The lowest BCUT2D eigenvalue weighted by Crippen LogP contribution is -2.13. The zero-order valence-corrected chi connectivity index (χ0v) is 17.4. The quantitative estimate of drug-likeness (QED) is 0.340. The molecule has 0 fully saturated rings. The zero-order valence-electron chi connectivity index (χ0n) is 16.3. The van der Waals surface area contributed by atoms with Gasteiger partial charge in [0.2, 0.25) is 0 Å². The van der Waals surface area contributed by atoms with E-state index in [1.165, 1.54) is 21.7 Å². The van der Waals surface area contributed by atoms with Crippen LogP contribution in [-0.2, 0) is 10.8 Å². The molecule has 0 N–H and O–H groups in total. The first-order valence-electron chi connectivity index (χ1n) is 8.59. The maximum atomic E-state index is 9.75. The van der Waals surface area contributed by atoms with Crippen molar-refractivity contribution >= 4 is 26.4 Å². The molecular formula is C20H28BF4P. The average Bonchev–Trinajstić information content (AvgIpc) is 2.45. The molecule has 0 saturated carbocycles. The summed E-state index contributed by atoms with van der Waals surface area (Å²) in [6, 6.07) is 18.3. The third-order valence-electron chi connectivity index (χ3n) is 3.89. The van der Waals surface area contributed by atoms with Gasteiger partial charge in [-0.1, -0.05) is 65.8 Å². The highest BCUT2D eigenvalue weighted by molar-refractivity contribution is 7.55. The van der Waals surface area contributed by atoms with Gasteiger partial charge >= 0.3 is 7.25 Å². The molecule has 0 nitrogen and oxygen atoms in total. The first-order chi connectivity index (χ1) is 11.7. The van der Waals surface area contributed by atoms with Gasteiger partial charge in [0.05, 0.1) is 19.2 Å². The minimum atomic E-state index is -6.00. The molecule has 0 aliphatic heterocycles. The third kappa shape index (κ3) is 8.85. The topological polar surface area (TPSA) is 0 Å². The van der Waals surface area contributed by atoms with Gasteiger partial charge in [0.15, 0.2) is 0 Å². The monoisotopic (exact) mass is 386 g/mol. The van der Waals surface area contributed by atoms with Crippen LogP contribution in [0.3, 0.4) is 0 Å². The largest absolute Gasteiger partial charge is 0.673 e. The van der Waals surface area contributed by atoms with E-state index in [0.29, 0.717) is 0 Å². The van der Waals surface area contributed by atoms with E-state index in [9.17, 15) is 17.3 Å². The maximum Gasteiger partial charge on any atom is 0.673 e. The van der Waals surface area contributed by atoms with Gasteiger partial charge in [0, 0.05) is 0 Å². The Kier molecular flexibility index (Phi) is 7.47. The number of benzene rings is 2. The highest BCUT2D eigenvalue weighted by Gasteiger charge is 2.20. The predicted molar refractivity (Wildman–Crippen MR) is 109 cm³/mol. The van der Waals surface area contributed by atoms with E-state index in [0.717, 1.165) is 0 Å². The van der Waals surface area contributed by atoms with Crippen molar-refractivity contribution in [1.82, 2.24) is 0 Å². The molecule has 0 aliphatic carbocycles. The van der Waals surface area contributed by atoms with E-state index in [1.807, 2.05) is 0 Å². The van der Waals surface area contributed by atoms with E-state index in [4.69, 9.17) is 0 Å². The van der Waals surface area contributed by atoms with Crippen molar-refractivity contribution in [1.29, 1.82) is 0 Å². The van der Waals surface area contributed by atoms with Crippen LogP contribution in [0.2, 0.25) is 0 Å². The number of halogens is 4. The summed E-state index contributed by atoms with van der Waals surface area (Å²) in [5.74, 6) is 0. The Bertz CT molecular complexity index is 617. The maximum absolute atomic E-state index is 9.75. The van der Waals surface area contributed by atoms with Crippen molar-refractivity contribution in [3.63, 3.8) is 0 Å². The minimum absolute atomic E-state index is 0.191. The fourth-order valence-corrected chi connectivity index (χ4v) is 3.51. The molecule has 2 rings (SSSR count). The summed E-state index contributed by atoms with van der Waals surface area (Å²) in [6.45, 7) is 13.6. The molecule has 0 heterocycles. The van der Waals surface area contributed by atoms with E-state index in [2.05, 4.69) is 90.1 Å². The molecule has 0 amide bonds. The van der Waals surface area contributed by atoms with Crippen LogP contribution in [0.4, 0.5) is 17.3 Å². The normalized spacial score (nSPS) is 12.4. The standard InChI is InChI=1S/C20H27P.BF4/c1-19(2,3)15-7-11-17(12-8-15)21-18-13-9-16(10-14-18)20(4,5)6;2-1(3,4)5/h7-14,21H,1-6H3;/q;-1/p+1. The van der Waals surface area contributed by atoms with Gasteiger partial charge in [0.1, 0.15) is 0 Å². The number of hydrogen-bond donors (Lipinski definition) is 0. The minimum Gasteiger partial charge on any atom is -0.418 e. The van der Waals surface area contributed by atoms with Crippen LogP contribution in [0.5, 0.6) is 0 Å². The van der Waals surface area contributed by atoms with Crippen molar-refractivity contribution in [2.45, 2.75) is 52.4 Å². The first kappa shape index (κ1) is 22.7. The smallest absolute Gasteiger partial charge is 0.418 e. The highest BCUT2D eigenvalue weighted by Crippen LogP contribution is 2.24. The van der Waals surface area contributed by atoms with Crippen LogP contribution >= 0.6 is 8.58 Å². The summed E-state index contributed by atoms with van der Waals surface area (Å²) >= 11 is 0. The lowest BCUT2D eigenvalue weighted by atomic mass is 9.87. The van der Waals surface area contributed by atoms with Crippen molar-refractivity contribution in [2.75, 3.05) is 0 Å². The molecule has 2 aromatic carbocycles. The van der Waals surface area contributed by atoms with E-state index >= 15 is 0 Å². The summed E-state index contributed by atoms with van der Waals surface area (Å²) < 4.78 is 39.0. The van der Waals surface area contributed by atoms with E-state index < -0.39 is 7.25 Å². The van der Waals surface area contributed by atoms with Gasteiger partial charge in [-0.05, 0) is 46.2 Å². The Labute approximate surface area is 156 Å². The molecule has 0 atom stereocenters. The van der Waals surface area contributed by atoms with E-state index in [1.54, 1.807) is 0 Å². The summed E-state index contributed by atoms with van der Waals surface area (Å²) in [5.41, 5.74) is 3.30. The molecule has 144 valence electrons. The van der Waals surface area contributed by atoms with Gasteiger partial charge in [-0.3, -0.25) is 0 Å². The second-order valence-corrected chi connectivity index (χ2v) is 10.0. The molecule has 26 heavy (non-hydrogen) atoms. The van der Waals surface area contributed by atoms with Crippen LogP contribution < -0.4 is 10.6 Å². The molecule has 6 heteroatoms. The van der Waals surface area contributed by atoms with Gasteiger partial charge in [-0.25, -0.2) is 0 Å². The SMILES string of the molecule is CC(C)(C)c1ccc([PH2+]c2ccc(C(C)(C)C)cc2)cc1.F[B-](F)(F)F. The van der Waals surface area contributed by atoms with Gasteiger partial charge in [0.25, 0.3) is 0 Å². The molecule has 0 aliphatic rings. The van der Waals surface area contributed by atoms with Gasteiger partial charge < -0.3 is 17.3 Å². The average molecular weight is 386 g/mol. The first-order valence-corrected chi connectivity index (χ1v) is 9.75. The second-order valence-electron chi connectivity index (χ2n) is 8.38. The molecule has 0 aromatic heterocycles. The van der Waals surface area contributed by atoms with Crippen molar-refractivity contribution in [3.8, 4) is 0 Å². The van der Waals surface area contributed by atoms with Crippen LogP contribution in [0.15, 0.2) is 48.5 Å². The molecule has 0 saturated heterocycles. The fourth-order valence-electron chi connectivity index (χ4n) is 2.35. The van der Waals surface area contributed by atoms with Gasteiger partial charge in [-0.15, -0.1) is 0 Å². The summed E-state index contributed by atoms with van der Waals surface area (Å²) in [7, 11) is -5.81. The van der Waals surface area contributed by atoms with Crippen LogP contribution in [0.25, 0.3) is 0 Å².